The first-order valence-corrected chi connectivity index (χ1v) is 9.61. The van der Waals surface area contributed by atoms with Gasteiger partial charge in [0, 0.05) is 32.5 Å². The number of carbonyl (C=O) groups is 1. The van der Waals surface area contributed by atoms with Crippen molar-refractivity contribution >= 4 is 16.9 Å². The maximum atomic E-state index is 12.1. The molecule has 4 rings (SSSR count). The molecule has 3 aromatic rings. The highest BCUT2D eigenvalue weighted by atomic mass is 16.2. The average molecular weight is 361 g/mol. The molecule has 0 unspecified atom stereocenters. The van der Waals surface area contributed by atoms with Crippen molar-refractivity contribution in [2.45, 2.75) is 45.1 Å². The van der Waals surface area contributed by atoms with Crippen molar-refractivity contribution in [2.75, 3.05) is 13.6 Å². The fraction of sp³-hybridized carbons (Fsp3) is 0.391. The van der Waals surface area contributed by atoms with E-state index in [2.05, 4.69) is 67.8 Å². The van der Waals surface area contributed by atoms with Gasteiger partial charge in [-0.1, -0.05) is 57.2 Å². The third-order valence-electron chi connectivity index (χ3n) is 5.55. The molecule has 140 valence electrons. The van der Waals surface area contributed by atoms with E-state index in [1.54, 1.807) is 0 Å². The molecule has 1 atom stereocenters. The van der Waals surface area contributed by atoms with E-state index in [9.17, 15) is 4.79 Å². The lowest BCUT2D eigenvalue weighted by Crippen LogP contribution is -2.19. The van der Waals surface area contributed by atoms with Crippen molar-refractivity contribution in [3.63, 3.8) is 0 Å². The maximum Gasteiger partial charge on any atom is 0.223 e. The first-order chi connectivity index (χ1) is 12.8. The van der Waals surface area contributed by atoms with Crippen LogP contribution < -0.4 is 0 Å². The zero-order valence-corrected chi connectivity index (χ0v) is 16.6. The summed E-state index contributed by atoms with van der Waals surface area (Å²) in [7, 11) is 1.88. The van der Waals surface area contributed by atoms with Crippen molar-refractivity contribution in [3.05, 3.63) is 65.5 Å². The number of imidazole rings is 1. The summed E-state index contributed by atoms with van der Waals surface area (Å²) in [4.78, 5) is 18.8. The Labute approximate surface area is 160 Å². The lowest BCUT2D eigenvalue weighted by molar-refractivity contribution is -0.126. The van der Waals surface area contributed by atoms with E-state index >= 15 is 0 Å². The van der Waals surface area contributed by atoms with Gasteiger partial charge < -0.3 is 9.47 Å². The van der Waals surface area contributed by atoms with Crippen LogP contribution in [0.2, 0.25) is 0 Å². The minimum Gasteiger partial charge on any atom is -0.345 e. The number of hydrogen-bond donors (Lipinski definition) is 0. The van der Waals surface area contributed by atoms with E-state index in [1.165, 1.54) is 11.1 Å². The zero-order chi connectivity index (χ0) is 19.2. The Hall–Kier alpha value is -2.62. The summed E-state index contributed by atoms with van der Waals surface area (Å²) in [5.74, 6) is 1.38. The monoisotopic (exact) mass is 361 g/mol. The van der Waals surface area contributed by atoms with Crippen LogP contribution in [0.25, 0.3) is 11.0 Å². The summed E-state index contributed by atoms with van der Waals surface area (Å²) in [5.41, 5.74) is 4.88. The molecule has 0 spiro atoms. The summed E-state index contributed by atoms with van der Waals surface area (Å²) >= 11 is 0. The van der Waals surface area contributed by atoms with Gasteiger partial charge in [0.1, 0.15) is 5.82 Å². The zero-order valence-electron chi connectivity index (χ0n) is 16.6. The Morgan fingerprint density at radius 2 is 1.78 bits per heavy atom. The van der Waals surface area contributed by atoms with Crippen molar-refractivity contribution in [1.82, 2.24) is 14.5 Å². The summed E-state index contributed by atoms with van der Waals surface area (Å²) in [6.07, 6.45) is 0.544. The number of aromatic nitrogens is 2. The van der Waals surface area contributed by atoms with Crippen LogP contribution in [-0.4, -0.2) is 34.0 Å². The van der Waals surface area contributed by atoms with Gasteiger partial charge in [-0.15, -0.1) is 0 Å². The van der Waals surface area contributed by atoms with Gasteiger partial charge in [0.15, 0.2) is 0 Å². The van der Waals surface area contributed by atoms with Gasteiger partial charge in [-0.3, -0.25) is 4.79 Å². The van der Waals surface area contributed by atoms with Gasteiger partial charge in [-0.2, -0.15) is 0 Å². The van der Waals surface area contributed by atoms with E-state index in [0.29, 0.717) is 6.42 Å². The molecule has 0 bridgehead atoms. The van der Waals surface area contributed by atoms with Crippen LogP contribution in [-0.2, 0) is 16.8 Å². The molecule has 1 amide bonds. The van der Waals surface area contributed by atoms with Gasteiger partial charge >= 0.3 is 0 Å². The molecule has 0 aliphatic carbocycles. The van der Waals surface area contributed by atoms with E-state index < -0.39 is 0 Å². The Bertz CT molecular complexity index is 979. The molecule has 2 aromatic carbocycles. The summed E-state index contributed by atoms with van der Waals surface area (Å²) < 4.78 is 2.29. The number of likely N-dealkylation sites (tertiary alicyclic amines) is 1. The molecule has 1 aliphatic heterocycles. The van der Waals surface area contributed by atoms with E-state index in [0.717, 1.165) is 29.9 Å². The number of benzene rings is 2. The predicted octanol–water partition coefficient (Wildman–Crippen LogP) is 4.33. The number of amides is 1. The van der Waals surface area contributed by atoms with Crippen LogP contribution in [0.5, 0.6) is 0 Å². The highest BCUT2D eigenvalue weighted by Crippen LogP contribution is 2.30. The van der Waals surface area contributed by atoms with E-state index in [4.69, 9.17) is 4.98 Å². The number of likely N-dealkylation sites (N-methyl/N-ethyl adjacent to an activating group) is 1. The number of para-hydroxylation sites is 2. The minimum atomic E-state index is 0.153. The lowest BCUT2D eigenvalue weighted by atomic mass is 9.87. The topological polar surface area (TPSA) is 38.1 Å². The minimum absolute atomic E-state index is 0.153. The van der Waals surface area contributed by atoms with Crippen molar-refractivity contribution < 1.29 is 4.79 Å². The Kier molecular flexibility index (Phi) is 4.29. The summed E-state index contributed by atoms with van der Waals surface area (Å²) in [5, 5.41) is 0. The fourth-order valence-corrected chi connectivity index (χ4v) is 3.90. The van der Waals surface area contributed by atoms with Gasteiger partial charge in [-0.25, -0.2) is 4.98 Å². The molecule has 4 nitrogen and oxygen atoms in total. The number of rotatable bonds is 3. The van der Waals surface area contributed by atoms with Crippen LogP contribution in [0.1, 0.15) is 50.1 Å². The van der Waals surface area contributed by atoms with Crippen molar-refractivity contribution in [3.8, 4) is 0 Å². The molecule has 0 saturated carbocycles. The molecular weight excluding hydrogens is 334 g/mol. The van der Waals surface area contributed by atoms with Crippen LogP contribution >= 0.6 is 0 Å². The molecule has 0 radical (unpaired) electrons. The average Bonchev–Trinajstić information content (AvgIpc) is 3.15. The summed E-state index contributed by atoms with van der Waals surface area (Å²) in [6.45, 7) is 8.21. The Morgan fingerprint density at radius 3 is 2.41 bits per heavy atom. The lowest BCUT2D eigenvalue weighted by Gasteiger charge is -2.19. The predicted molar refractivity (Wildman–Crippen MR) is 109 cm³/mol. The SMILES string of the molecule is CN1C[C@@H](c2nc3ccccc3n2Cc2ccc(C(C)(C)C)cc2)CC1=O. The smallest absolute Gasteiger partial charge is 0.223 e. The number of hydrogen-bond acceptors (Lipinski definition) is 2. The number of carbonyl (C=O) groups excluding carboxylic acids is 1. The largest absolute Gasteiger partial charge is 0.345 e. The Morgan fingerprint density at radius 1 is 1.07 bits per heavy atom. The van der Waals surface area contributed by atoms with Crippen LogP contribution in [0.3, 0.4) is 0 Å². The molecule has 4 heteroatoms. The second-order valence-electron chi connectivity index (χ2n) is 8.67. The molecule has 1 aromatic heterocycles. The highest BCUT2D eigenvalue weighted by molar-refractivity contribution is 5.80. The second kappa shape index (κ2) is 6.52. The molecule has 27 heavy (non-hydrogen) atoms. The van der Waals surface area contributed by atoms with Gasteiger partial charge in [-0.05, 0) is 28.7 Å². The van der Waals surface area contributed by atoms with Crippen LogP contribution in [0, 0.1) is 0 Å². The maximum absolute atomic E-state index is 12.1. The van der Waals surface area contributed by atoms with Crippen molar-refractivity contribution in [2.24, 2.45) is 0 Å². The standard InChI is InChI=1S/C23H27N3O/c1-23(2,3)18-11-9-16(10-12-18)14-26-20-8-6-5-7-19(20)24-22(26)17-13-21(27)25(4)15-17/h5-12,17H,13-15H2,1-4H3/t17-/m0/s1. The fourth-order valence-electron chi connectivity index (χ4n) is 3.90. The second-order valence-corrected chi connectivity index (χ2v) is 8.67. The van der Waals surface area contributed by atoms with Crippen LogP contribution in [0.15, 0.2) is 48.5 Å². The molecule has 0 N–H and O–H groups in total. The summed E-state index contributed by atoms with van der Waals surface area (Å²) in [6, 6.07) is 17.1. The first kappa shape index (κ1) is 17.8. The third kappa shape index (κ3) is 3.36. The van der Waals surface area contributed by atoms with E-state index in [1.807, 2.05) is 18.0 Å². The molecule has 2 heterocycles. The van der Waals surface area contributed by atoms with Gasteiger partial charge in [0.2, 0.25) is 5.91 Å². The van der Waals surface area contributed by atoms with E-state index in [-0.39, 0.29) is 17.2 Å². The number of nitrogens with zero attached hydrogens (tertiary/aromatic N) is 3. The molecular formula is C23H27N3O. The normalized spacial score (nSPS) is 17.9. The number of fused-ring (bicyclic) bond motifs is 1. The van der Waals surface area contributed by atoms with Gasteiger partial charge in [0.05, 0.1) is 11.0 Å². The quantitative estimate of drug-likeness (QED) is 0.696. The Balaban J connectivity index is 1.72. The molecule has 1 saturated heterocycles. The molecule has 1 aliphatic rings. The van der Waals surface area contributed by atoms with Crippen molar-refractivity contribution in [1.29, 1.82) is 0 Å². The van der Waals surface area contributed by atoms with Gasteiger partial charge in [0.25, 0.3) is 0 Å². The molecule has 1 fully saturated rings. The third-order valence-corrected chi connectivity index (χ3v) is 5.55. The highest BCUT2D eigenvalue weighted by Gasteiger charge is 2.31. The van der Waals surface area contributed by atoms with Crippen LogP contribution in [0.4, 0.5) is 0 Å². The first-order valence-electron chi connectivity index (χ1n) is 9.61.